The van der Waals surface area contributed by atoms with E-state index in [1.807, 2.05) is 36.0 Å². The standard InChI is InChI=1S/C20H27N3O3/c1-22-15-21-12-17(22)13-23-11-9-18(24)20(14-23,19(25)26)10-5-8-16-6-3-2-4-7-16/h2-4,6-7,12,15,18,24H,5,8-11,13-14H2,1H3,(H,25,26)/t18-,20-/m1/s1. The summed E-state index contributed by atoms with van der Waals surface area (Å²) in [5.41, 5.74) is 1.14. The lowest BCUT2D eigenvalue weighted by Gasteiger charge is -2.43. The van der Waals surface area contributed by atoms with Gasteiger partial charge in [0, 0.05) is 32.9 Å². The van der Waals surface area contributed by atoms with Crippen LogP contribution >= 0.6 is 0 Å². The second-order valence-corrected chi connectivity index (χ2v) is 7.31. The molecule has 0 unspecified atom stereocenters. The average molecular weight is 357 g/mol. The molecule has 1 saturated heterocycles. The molecule has 1 aliphatic rings. The highest BCUT2D eigenvalue weighted by Gasteiger charge is 2.48. The molecular formula is C20H27N3O3. The van der Waals surface area contributed by atoms with Crippen LogP contribution in [0.15, 0.2) is 42.9 Å². The zero-order chi connectivity index (χ0) is 18.6. The summed E-state index contributed by atoms with van der Waals surface area (Å²) in [6, 6.07) is 10.1. The lowest BCUT2D eigenvalue weighted by atomic mass is 9.73. The van der Waals surface area contributed by atoms with Crippen molar-refractivity contribution in [2.24, 2.45) is 12.5 Å². The van der Waals surface area contributed by atoms with Crippen LogP contribution < -0.4 is 0 Å². The molecule has 6 nitrogen and oxygen atoms in total. The van der Waals surface area contributed by atoms with E-state index >= 15 is 0 Å². The topological polar surface area (TPSA) is 78.6 Å². The zero-order valence-electron chi connectivity index (χ0n) is 15.2. The van der Waals surface area contributed by atoms with Crippen molar-refractivity contribution < 1.29 is 15.0 Å². The third-order valence-electron chi connectivity index (χ3n) is 5.52. The number of aryl methyl sites for hydroxylation is 2. The van der Waals surface area contributed by atoms with Crippen molar-refractivity contribution in [3.8, 4) is 0 Å². The van der Waals surface area contributed by atoms with E-state index < -0.39 is 17.5 Å². The molecule has 0 radical (unpaired) electrons. The summed E-state index contributed by atoms with van der Waals surface area (Å²) in [5, 5.41) is 20.5. The number of likely N-dealkylation sites (tertiary alicyclic amines) is 1. The van der Waals surface area contributed by atoms with Gasteiger partial charge in [0.05, 0.1) is 18.1 Å². The minimum atomic E-state index is -1.11. The Hall–Kier alpha value is -2.18. The van der Waals surface area contributed by atoms with Crippen LogP contribution in [0, 0.1) is 5.41 Å². The lowest BCUT2D eigenvalue weighted by molar-refractivity contribution is -0.164. The highest BCUT2D eigenvalue weighted by molar-refractivity contribution is 5.76. The van der Waals surface area contributed by atoms with Gasteiger partial charge in [-0.2, -0.15) is 0 Å². The van der Waals surface area contributed by atoms with Gasteiger partial charge in [0.25, 0.3) is 0 Å². The molecule has 1 fully saturated rings. The molecule has 1 aliphatic heterocycles. The fraction of sp³-hybridized carbons (Fsp3) is 0.500. The first kappa shape index (κ1) is 18.6. The maximum absolute atomic E-state index is 12.1. The molecule has 0 bridgehead atoms. The van der Waals surface area contributed by atoms with Crippen LogP contribution in [0.1, 0.15) is 30.5 Å². The Balaban J connectivity index is 1.68. The molecule has 2 N–H and O–H groups in total. The molecule has 2 atom stereocenters. The van der Waals surface area contributed by atoms with Gasteiger partial charge in [-0.15, -0.1) is 0 Å². The van der Waals surface area contributed by atoms with Crippen LogP contribution in [-0.4, -0.2) is 49.8 Å². The number of benzene rings is 1. The second-order valence-electron chi connectivity index (χ2n) is 7.31. The highest BCUT2D eigenvalue weighted by atomic mass is 16.4. The lowest BCUT2D eigenvalue weighted by Crippen LogP contribution is -2.55. The number of imidazole rings is 1. The quantitative estimate of drug-likeness (QED) is 0.793. The minimum Gasteiger partial charge on any atom is -0.481 e. The van der Waals surface area contributed by atoms with Crippen LogP contribution in [0.25, 0.3) is 0 Å². The zero-order valence-corrected chi connectivity index (χ0v) is 15.2. The van der Waals surface area contributed by atoms with E-state index in [4.69, 9.17) is 0 Å². The molecule has 6 heteroatoms. The number of aliphatic carboxylic acids is 1. The molecule has 1 aromatic heterocycles. The van der Waals surface area contributed by atoms with E-state index in [1.165, 1.54) is 5.56 Å². The van der Waals surface area contributed by atoms with E-state index in [1.54, 1.807) is 6.33 Å². The minimum absolute atomic E-state index is 0.365. The molecular weight excluding hydrogens is 330 g/mol. The Morgan fingerprint density at radius 1 is 1.35 bits per heavy atom. The van der Waals surface area contributed by atoms with Gasteiger partial charge in [-0.1, -0.05) is 30.3 Å². The molecule has 140 valence electrons. The summed E-state index contributed by atoms with van der Waals surface area (Å²) in [6.45, 7) is 1.71. The van der Waals surface area contributed by atoms with Gasteiger partial charge >= 0.3 is 5.97 Å². The van der Waals surface area contributed by atoms with Crippen molar-refractivity contribution in [1.29, 1.82) is 0 Å². The number of nitrogens with zero attached hydrogens (tertiary/aromatic N) is 3. The first-order valence-corrected chi connectivity index (χ1v) is 9.14. The number of carboxylic acid groups (broad SMARTS) is 1. The first-order valence-electron chi connectivity index (χ1n) is 9.14. The SMILES string of the molecule is Cn1cncc1CN1CC[C@@H](O)[C@](CCCc2ccccc2)(C(=O)O)C1. The van der Waals surface area contributed by atoms with Crippen LogP contribution in [0.4, 0.5) is 0 Å². The summed E-state index contributed by atoms with van der Waals surface area (Å²) >= 11 is 0. The van der Waals surface area contributed by atoms with Crippen LogP contribution in [0.2, 0.25) is 0 Å². The Morgan fingerprint density at radius 2 is 2.12 bits per heavy atom. The second kappa shape index (κ2) is 8.01. The summed E-state index contributed by atoms with van der Waals surface area (Å²) in [5.74, 6) is -0.896. The molecule has 0 aliphatic carbocycles. The molecule has 2 aromatic rings. The molecule has 26 heavy (non-hydrogen) atoms. The number of aliphatic hydroxyl groups is 1. The van der Waals surface area contributed by atoms with Crippen molar-refractivity contribution in [3.05, 3.63) is 54.1 Å². The summed E-state index contributed by atoms with van der Waals surface area (Å²) in [4.78, 5) is 18.4. The number of hydrogen-bond acceptors (Lipinski definition) is 4. The molecule has 0 spiro atoms. The van der Waals surface area contributed by atoms with Gasteiger partial charge in [-0.05, 0) is 31.2 Å². The van der Waals surface area contributed by atoms with Crippen molar-refractivity contribution in [1.82, 2.24) is 14.5 Å². The predicted octanol–water partition coefficient (Wildman–Crippen LogP) is 2.08. The molecule has 0 saturated carbocycles. The number of aliphatic hydroxyl groups excluding tert-OH is 1. The summed E-state index contributed by atoms with van der Waals surface area (Å²) in [6.07, 6.45) is 5.27. The molecule has 3 rings (SSSR count). The number of piperidine rings is 1. The first-order chi connectivity index (χ1) is 12.5. The summed E-state index contributed by atoms with van der Waals surface area (Å²) < 4.78 is 1.95. The average Bonchev–Trinajstić information content (AvgIpc) is 3.03. The van der Waals surface area contributed by atoms with Gasteiger partial charge in [-0.25, -0.2) is 4.98 Å². The van der Waals surface area contributed by atoms with Crippen LogP contribution in [-0.2, 0) is 24.8 Å². The van der Waals surface area contributed by atoms with Crippen LogP contribution in [0.3, 0.4) is 0 Å². The number of rotatable bonds is 7. The number of carbonyl (C=O) groups is 1. The predicted molar refractivity (Wildman–Crippen MR) is 98.6 cm³/mol. The van der Waals surface area contributed by atoms with E-state index in [-0.39, 0.29) is 0 Å². The fourth-order valence-electron chi connectivity index (χ4n) is 3.88. The van der Waals surface area contributed by atoms with Crippen molar-refractivity contribution in [2.45, 2.75) is 38.3 Å². The smallest absolute Gasteiger partial charge is 0.313 e. The largest absolute Gasteiger partial charge is 0.481 e. The van der Waals surface area contributed by atoms with Crippen molar-refractivity contribution in [3.63, 3.8) is 0 Å². The Labute approximate surface area is 154 Å². The fourth-order valence-corrected chi connectivity index (χ4v) is 3.88. The monoisotopic (exact) mass is 357 g/mol. The van der Waals surface area contributed by atoms with Crippen molar-refractivity contribution >= 4 is 5.97 Å². The Bertz CT molecular complexity index is 731. The maximum Gasteiger partial charge on any atom is 0.313 e. The molecule has 0 amide bonds. The Kier molecular flexibility index (Phi) is 5.74. The van der Waals surface area contributed by atoms with E-state index in [2.05, 4.69) is 22.0 Å². The van der Waals surface area contributed by atoms with Crippen LogP contribution in [0.5, 0.6) is 0 Å². The third kappa shape index (κ3) is 3.97. The molecule has 1 aromatic carbocycles. The van der Waals surface area contributed by atoms with E-state index in [0.29, 0.717) is 32.5 Å². The van der Waals surface area contributed by atoms with Gasteiger partial charge < -0.3 is 14.8 Å². The Morgan fingerprint density at radius 3 is 2.77 bits per heavy atom. The van der Waals surface area contributed by atoms with Gasteiger partial charge in [-0.3, -0.25) is 9.69 Å². The number of aromatic nitrogens is 2. The number of carboxylic acids is 1. The highest BCUT2D eigenvalue weighted by Crippen LogP contribution is 2.36. The van der Waals surface area contributed by atoms with Gasteiger partial charge in [0.2, 0.25) is 0 Å². The van der Waals surface area contributed by atoms with Gasteiger partial charge in [0.15, 0.2) is 0 Å². The third-order valence-corrected chi connectivity index (χ3v) is 5.52. The number of hydrogen-bond donors (Lipinski definition) is 2. The normalized spacial score (nSPS) is 23.8. The summed E-state index contributed by atoms with van der Waals surface area (Å²) in [7, 11) is 1.94. The van der Waals surface area contributed by atoms with E-state index in [9.17, 15) is 15.0 Å². The van der Waals surface area contributed by atoms with Crippen molar-refractivity contribution in [2.75, 3.05) is 13.1 Å². The van der Waals surface area contributed by atoms with E-state index in [0.717, 1.165) is 18.5 Å². The maximum atomic E-state index is 12.1. The molecule has 2 heterocycles. The van der Waals surface area contributed by atoms with Gasteiger partial charge in [0.1, 0.15) is 5.41 Å².